The number of amides is 2. The zero-order valence-electron chi connectivity index (χ0n) is 12.9. The van der Waals surface area contributed by atoms with Gasteiger partial charge < -0.3 is 4.74 Å². The van der Waals surface area contributed by atoms with E-state index < -0.39 is 0 Å². The van der Waals surface area contributed by atoms with Crippen molar-refractivity contribution in [3.8, 4) is 5.88 Å². The maximum Gasteiger partial charge on any atom is 0.261 e. The van der Waals surface area contributed by atoms with Gasteiger partial charge in [-0.1, -0.05) is 23.7 Å². The Morgan fingerprint density at radius 1 is 1.17 bits per heavy atom. The van der Waals surface area contributed by atoms with Crippen molar-refractivity contribution in [3.63, 3.8) is 0 Å². The van der Waals surface area contributed by atoms with E-state index in [2.05, 4.69) is 4.98 Å². The minimum absolute atomic E-state index is 0.141. The molecular weight excluding hydrogens is 328 g/mol. The van der Waals surface area contributed by atoms with Crippen LogP contribution >= 0.6 is 11.6 Å². The van der Waals surface area contributed by atoms with E-state index in [0.29, 0.717) is 40.1 Å². The number of nitrogens with zero attached hydrogens (tertiary/aromatic N) is 2. The summed E-state index contributed by atoms with van der Waals surface area (Å²) in [6.07, 6.45) is 3.97. The average molecular weight is 343 g/mol. The summed E-state index contributed by atoms with van der Waals surface area (Å²) in [4.78, 5) is 30.2. The lowest BCUT2D eigenvalue weighted by Crippen LogP contribution is -2.29. The van der Waals surface area contributed by atoms with Crippen molar-refractivity contribution >= 4 is 23.4 Å². The van der Waals surface area contributed by atoms with Crippen molar-refractivity contribution < 1.29 is 14.3 Å². The second kappa shape index (κ2) is 5.91. The van der Waals surface area contributed by atoms with Crippen LogP contribution in [0.4, 0.5) is 0 Å². The molecule has 1 aliphatic heterocycles. The molecule has 0 N–H and O–H groups in total. The average Bonchev–Trinajstić information content (AvgIpc) is 3.38. The molecule has 6 heteroatoms. The molecule has 2 heterocycles. The van der Waals surface area contributed by atoms with Gasteiger partial charge in [0.1, 0.15) is 5.02 Å². The first-order valence-electron chi connectivity index (χ1n) is 7.86. The van der Waals surface area contributed by atoms with Crippen molar-refractivity contribution in [2.24, 2.45) is 5.92 Å². The summed E-state index contributed by atoms with van der Waals surface area (Å²) in [7, 11) is 0. The van der Waals surface area contributed by atoms with E-state index in [9.17, 15) is 9.59 Å². The maximum absolute atomic E-state index is 12.4. The van der Waals surface area contributed by atoms with Crippen molar-refractivity contribution in [3.05, 3.63) is 58.2 Å². The molecule has 5 nitrogen and oxygen atoms in total. The Morgan fingerprint density at radius 2 is 1.83 bits per heavy atom. The van der Waals surface area contributed by atoms with Crippen LogP contribution in [0.1, 0.15) is 39.1 Å². The molecule has 0 spiro atoms. The SMILES string of the molecule is O=C1c2ccccc2C(=O)N1Cc1cnc(OCC2CC2)c(Cl)c1. The molecule has 4 rings (SSSR count). The van der Waals surface area contributed by atoms with E-state index in [1.165, 1.54) is 17.7 Å². The lowest BCUT2D eigenvalue weighted by molar-refractivity contribution is 0.0642. The highest BCUT2D eigenvalue weighted by atomic mass is 35.5. The first-order valence-corrected chi connectivity index (χ1v) is 8.23. The molecule has 2 aromatic rings. The maximum atomic E-state index is 12.4. The summed E-state index contributed by atoms with van der Waals surface area (Å²) in [6.45, 7) is 0.770. The van der Waals surface area contributed by atoms with Crippen molar-refractivity contribution in [1.29, 1.82) is 0 Å². The van der Waals surface area contributed by atoms with Crippen LogP contribution < -0.4 is 4.74 Å². The lowest BCUT2D eigenvalue weighted by Gasteiger charge is -2.14. The Balaban J connectivity index is 1.50. The summed E-state index contributed by atoms with van der Waals surface area (Å²) >= 11 is 6.20. The third kappa shape index (κ3) is 2.76. The molecule has 1 fully saturated rings. The van der Waals surface area contributed by atoms with Crippen molar-refractivity contribution in [2.45, 2.75) is 19.4 Å². The second-order valence-corrected chi connectivity index (χ2v) is 6.53. The number of imide groups is 1. The smallest absolute Gasteiger partial charge is 0.261 e. The van der Waals surface area contributed by atoms with Gasteiger partial charge in [0, 0.05) is 6.20 Å². The van der Waals surface area contributed by atoms with Gasteiger partial charge in [-0.25, -0.2) is 4.98 Å². The molecule has 122 valence electrons. The zero-order chi connectivity index (χ0) is 16.7. The molecule has 0 saturated heterocycles. The van der Waals surface area contributed by atoms with Crippen LogP contribution in [-0.4, -0.2) is 28.3 Å². The highest BCUT2D eigenvalue weighted by Crippen LogP contribution is 2.31. The predicted molar refractivity (Wildman–Crippen MR) is 88.1 cm³/mol. The molecule has 2 aliphatic rings. The van der Waals surface area contributed by atoms with Gasteiger partial charge in [-0.15, -0.1) is 0 Å². The number of carbonyl (C=O) groups is 2. The quantitative estimate of drug-likeness (QED) is 0.782. The van der Waals surface area contributed by atoms with Crippen LogP contribution in [0, 0.1) is 5.92 Å². The topological polar surface area (TPSA) is 59.5 Å². The van der Waals surface area contributed by atoms with Crippen LogP contribution in [-0.2, 0) is 6.54 Å². The summed E-state index contributed by atoms with van der Waals surface area (Å²) in [6, 6.07) is 8.52. The summed E-state index contributed by atoms with van der Waals surface area (Å²) < 4.78 is 5.59. The molecule has 1 aromatic heterocycles. The number of rotatable bonds is 5. The zero-order valence-corrected chi connectivity index (χ0v) is 13.6. The van der Waals surface area contributed by atoms with Gasteiger partial charge in [-0.2, -0.15) is 0 Å². The minimum Gasteiger partial charge on any atom is -0.476 e. The fourth-order valence-electron chi connectivity index (χ4n) is 2.70. The van der Waals surface area contributed by atoms with Crippen LogP contribution in [0.5, 0.6) is 5.88 Å². The van der Waals surface area contributed by atoms with Gasteiger partial charge in [0.15, 0.2) is 0 Å². The second-order valence-electron chi connectivity index (χ2n) is 6.13. The Morgan fingerprint density at radius 3 is 2.42 bits per heavy atom. The van der Waals surface area contributed by atoms with Crippen molar-refractivity contribution in [1.82, 2.24) is 9.88 Å². The summed E-state index contributed by atoms with van der Waals surface area (Å²) in [5, 5.41) is 0.393. The first-order chi connectivity index (χ1) is 11.6. The number of pyridine rings is 1. The predicted octanol–water partition coefficient (Wildman–Crippen LogP) is 3.32. The summed E-state index contributed by atoms with van der Waals surface area (Å²) in [5.41, 5.74) is 1.56. The highest BCUT2D eigenvalue weighted by molar-refractivity contribution is 6.31. The third-order valence-corrected chi connectivity index (χ3v) is 4.51. The standard InChI is InChI=1S/C18H15ClN2O3/c19-15-7-12(8-20-16(15)24-10-11-5-6-11)9-21-17(22)13-3-1-2-4-14(13)18(21)23/h1-4,7-8,11H,5-6,9-10H2. The fourth-order valence-corrected chi connectivity index (χ4v) is 2.95. The molecule has 1 saturated carbocycles. The number of ether oxygens (including phenoxy) is 1. The van der Waals surface area contributed by atoms with Gasteiger partial charge in [0.05, 0.1) is 24.3 Å². The Labute approximate surface area is 144 Å². The van der Waals surface area contributed by atoms with Gasteiger partial charge in [-0.3, -0.25) is 14.5 Å². The number of hydrogen-bond donors (Lipinski definition) is 0. The van der Waals surface area contributed by atoms with Gasteiger partial charge in [0.2, 0.25) is 5.88 Å². The molecule has 24 heavy (non-hydrogen) atoms. The first kappa shape index (κ1) is 15.1. The monoisotopic (exact) mass is 342 g/mol. The molecule has 1 aliphatic carbocycles. The van der Waals surface area contributed by atoms with Crippen molar-refractivity contribution in [2.75, 3.05) is 6.61 Å². The number of fused-ring (bicyclic) bond motifs is 1. The van der Waals surface area contributed by atoms with E-state index >= 15 is 0 Å². The Hall–Kier alpha value is -2.40. The molecular formula is C18H15ClN2O3. The van der Waals surface area contributed by atoms with E-state index in [4.69, 9.17) is 16.3 Å². The number of aromatic nitrogens is 1. The summed E-state index contributed by atoms with van der Waals surface area (Å²) in [5.74, 6) is 0.428. The minimum atomic E-state index is -0.291. The Bertz CT molecular complexity index is 798. The van der Waals surface area contributed by atoms with E-state index in [-0.39, 0.29) is 18.4 Å². The van der Waals surface area contributed by atoms with Crippen LogP contribution in [0.25, 0.3) is 0 Å². The number of hydrogen-bond acceptors (Lipinski definition) is 4. The molecule has 0 radical (unpaired) electrons. The van der Waals surface area contributed by atoms with E-state index in [0.717, 1.165) is 0 Å². The Kier molecular flexibility index (Phi) is 3.73. The number of halogens is 1. The van der Waals surface area contributed by atoms with Crippen LogP contribution in [0.3, 0.4) is 0 Å². The van der Waals surface area contributed by atoms with Crippen LogP contribution in [0.15, 0.2) is 36.5 Å². The van der Waals surface area contributed by atoms with Gasteiger partial charge in [0.25, 0.3) is 11.8 Å². The number of benzene rings is 1. The lowest BCUT2D eigenvalue weighted by atomic mass is 10.1. The largest absolute Gasteiger partial charge is 0.476 e. The molecule has 0 bridgehead atoms. The molecule has 1 aromatic carbocycles. The van der Waals surface area contributed by atoms with Gasteiger partial charge in [-0.05, 0) is 42.5 Å². The van der Waals surface area contributed by atoms with E-state index in [1.54, 1.807) is 36.5 Å². The van der Waals surface area contributed by atoms with Crippen LogP contribution in [0.2, 0.25) is 5.02 Å². The fraction of sp³-hybridized carbons (Fsp3) is 0.278. The van der Waals surface area contributed by atoms with Gasteiger partial charge >= 0.3 is 0 Å². The number of carbonyl (C=O) groups excluding carboxylic acids is 2. The van der Waals surface area contributed by atoms with E-state index in [1.807, 2.05) is 0 Å². The highest BCUT2D eigenvalue weighted by Gasteiger charge is 2.35. The third-order valence-electron chi connectivity index (χ3n) is 4.24. The normalized spacial score (nSPS) is 16.5. The molecule has 0 atom stereocenters. The molecule has 2 amide bonds. The molecule has 0 unspecified atom stereocenters.